The highest BCUT2D eigenvalue weighted by Gasteiger charge is 2.22. The van der Waals surface area contributed by atoms with Gasteiger partial charge in [-0.25, -0.2) is 4.79 Å². The first-order chi connectivity index (χ1) is 15.5. The maximum atomic E-state index is 12.8. The number of rotatable bonds is 7. The lowest BCUT2D eigenvalue weighted by Gasteiger charge is -2.16. The van der Waals surface area contributed by atoms with Crippen LogP contribution < -0.4 is 5.32 Å². The molecule has 0 bridgehead atoms. The van der Waals surface area contributed by atoms with Crippen LogP contribution in [0.2, 0.25) is 0 Å². The first kappa shape index (κ1) is 21.0. The Morgan fingerprint density at radius 3 is 2.06 bits per heavy atom. The van der Waals surface area contributed by atoms with Gasteiger partial charge in [-0.15, -0.1) is 0 Å². The maximum Gasteiger partial charge on any atom is 0.326 e. The van der Waals surface area contributed by atoms with Gasteiger partial charge in [0.15, 0.2) is 5.78 Å². The van der Waals surface area contributed by atoms with Crippen LogP contribution in [0.25, 0.3) is 10.8 Å². The van der Waals surface area contributed by atoms with E-state index in [4.69, 9.17) is 0 Å². The Labute approximate surface area is 185 Å². The molecule has 0 saturated heterocycles. The van der Waals surface area contributed by atoms with Crippen LogP contribution in [0.1, 0.15) is 31.8 Å². The molecule has 4 aromatic rings. The second-order valence-electron chi connectivity index (χ2n) is 7.49. The predicted octanol–water partition coefficient (Wildman–Crippen LogP) is 4.50. The minimum absolute atomic E-state index is 0.101. The summed E-state index contributed by atoms with van der Waals surface area (Å²) in [6.07, 6.45) is 0.103. The molecule has 5 heteroatoms. The lowest BCUT2D eigenvalue weighted by Crippen LogP contribution is -2.42. The first-order valence-electron chi connectivity index (χ1n) is 10.2. The van der Waals surface area contributed by atoms with E-state index in [0.29, 0.717) is 22.3 Å². The highest BCUT2D eigenvalue weighted by atomic mass is 16.4. The van der Waals surface area contributed by atoms with Gasteiger partial charge in [0.2, 0.25) is 0 Å². The lowest BCUT2D eigenvalue weighted by molar-refractivity contribution is -0.139. The van der Waals surface area contributed by atoms with E-state index in [0.717, 1.165) is 10.8 Å². The third-order valence-corrected chi connectivity index (χ3v) is 5.33. The Bertz CT molecular complexity index is 1270. The zero-order valence-electron chi connectivity index (χ0n) is 17.2. The van der Waals surface area contributed by atoms with Gasteiger partial charge in [0.1, 0.15) is 6.04 Å². The van der Waals surface area contributed by atoms with Gasteiger partial charge in [-0.3, -0.25) is 9.59 Å². The summed E-state index contributed by atoms with van der Waals surface area (Å²) >= 11 is 0. The summed E-state index contributed by atoms with van der Waals surface area (Å²) in [5, 5.41) is 14.0. The number of fused-ring (bicyclic) bond motifs is 1. The number of carbonyl (C=O) groups is 3. The van der Waals surface area contributed by atoms with Crippen LogP contribution in [0.4, 0.5) is 0 Å². The van der Waals surface area contributed by atoms with Gasteiger partial charge in [-0.1, -0.05) is 91.0 Å². The minimum Gasteiger partial charge on any atom is -0.480 e. The third-order valence-electron chi connectivity index (χ3n) is 5.33. The standard InChI is InChI=1S/C27H21NO4/c29-25(20-8-2-1-3-9-20)21-15-13-18(14-16-21)17-24(27(31)32)28-26(30)23-12-6-10-19-7-4-5-11-22(19)23/h1-16,24H,17H2,(H,28,30)(H,31,32)/t24-/m1/s1. The fourth-order valence-electron chi connectivity index (χ4n) is 3.64. The number of carboxylic acid groups (broad SMARTS) is 1. The molecule has 0 fully saturated rings. The average Bonchev–Trinajstić information content (AvgIpc) is 2.83. The summed E-state index contributed by atoms with van der Waals surface area (Å²) in [5.74, 6) is -1.66. The second-order valence-corrected chi connectivity index (χ2v) is 7.49. The fraction of sp³-hybridized carbons (Fsp3) is 0.0741. The van der Waals surface area contributed by atoms with E-state index < -0.39 is 17.9 Å². The van der Waals surface area contributed by atoms with E-state index in [2.05, 4.69) is 5.32 Å². The summed E-state index contributed by atoms with van der Waals surface area (Å²) in [6, 6.07) is 27.5. The average molecular weight is 423 g/mol. The number of amides is 1. The van der Waals surface area contributed by atoms with Crippen LogP contribution >= 0.6 is 0 Å². The Hall–Kier alpha value is -4.25. The number of ketones is 1. The molecule has 0 aliphatic rings. The topological polar surface area (TPSA) is 83.5 Å². The SMILES string of the molecule is O=C(c1ccccc1)c1ccc(C[C@@H](NC(=O)c2cccc3ccccc23)C(=O)O)cc1. The molecule has 0 unspecified atom stereocenters. The molecule has 0 aromatic heterocycles. The number of carbonyl (C=O) groups excluding carboxylic acids is 2. The molecule has 1 amide bonds. The lowest BCUT2D eigenvalue weighted by atomic mass is 9.99. The molecular weight excluding hydrogens is 402 g/mol. The predicted molar refractivity (Wildman–Crippen MR) is 123 cm³/mol. The van der Waals surface area contributed by atoms with Crippen molar-refractivity contribution < 1.29 is 19.5 Å². The van der Waals surface area contributed by atoms with Crippen molar-refractivity contribution in [2.24, 2.45) is 0 Å². The number of aliphatic carboxylic acids is 1. The van der Waals surface area contributed by atoms with Gasteiger partial charge >= 0.3 is 5.97 Å². The highest BCUT2D eigenvalue weighted by molar-refractivity contribution is 6.09. The Morgan fingerprint density at radius 1 is 0.719 bits per heavy atom. The van der Waals surface area contributed by atoms with Gasteiger partial charge in [-0.05, 0) is 22.4 Å². The molecule has 158 valence electrons. The summed E-state index contributed by atoms with van der Waals surface area (Å²) in [5.41, 5.74) is 2.25. The number of hydrogen-bond acceptors (Lipinski definition) is 3. The van der Waals surface area contributed by atoms with E-state index >= 15 is 0 Å². The summed E-state index contributed by atoms with van der Waals surface area (Å²) in [7, 11) is 0. The van der Waals surface area contributed by atoms with Crippen LogP contribution in [0.15, 0.2) is 97.1 Å². The van der Waals surface area contributed by atoms with Crippen molar-refractivity contribution in [3.8, 4) is 0 Å². The van der Waals surface area contributed by atoms with Crippen molar-refractivity contribution >= 4 is 28.4 Å². The molecule has 4 aromatic carbocycles. The van der Waals surface area contributed by atoms with Crippen molar-refractivity contribution in [2.75, 3.05) is 0 Å². The van der Waals surface area contributed by atoms with Crippen LogP contribution in [-0.2, 0) is 11.2 Å². The van der Waals surface area contributed by atoms with Crippen LogP contribution in [0.5, 0.6) is 0 Å². The molecule has 4 rings (SSSR count). The molecule has 0 aliphatic heterocycles. The van der Waals surface area contributed by atoms with E-state index in [1.807, 2.05) is 36.4 Å². The number of hydrogen-bond donors (Lipinski definition) is 2. The van der Waals surface area contributed by atoms with E-state index in [1.54, 1.807) is 60.7 Å². The van der Waals surface area contributed by atoms with Crippen LogP contribution in [0, 0.1) is 0 Å². The largest absolute Gasteiger partial charge is 0.480 e. The first-order valence-corrected chi connectivity index (χ1v) is 10.2. The summed E-state index contributed by atoms with van der Waals surface area (Å²) in [6.45, 7) is 0. The highest BCUT2D eigenvalue weighted by Crippen LogP contribution is 2.19. The molecule has 2 N–H and O–H groups in total. The molecule has 0 saturated carbocycles. The van der Waals surface area contributed by atoms with Crippen molar-refractivity contribution in [1.82, 2.24) is 5.32 Å². The molecule has 0 heterocycles. The van der Waals surface area contributed by atoms with Gasteiger partial charge in [0.05, 0.1) is 0 Å². The molecule has 0 radical (unpaired) electrons. The van der Waals surface area contributed by atoms with Gasteiger partial charge < -0.3 is 10.4 Å². The molecular formula is C27H21NO4. The van der Waals surface area contributed by atoms with Crippen molar-refractivity contribution in [2.45, 2.75) is 12.5 Å². The second kappa shape index (κ2) is 9.27. The van der Waals surface area contributed by atoms with Crippen molar-refractivity contribution in [3.63, 3.8) is 0 Å². The number of benzene rings is 4. The Morgan fingerprint density at radius 2 is 1.34 bits per heavy atom. The smallest absolute Gasteiger partial charge is 0.326 e. The van der Waals surface area contributed by atoms with E-state index in [1.165, 1.54) is 0 Å². The van der Waals surface area contributed by atoms with Gasteiger partial charge in [0.25, 0.3) is 5.91 Å². The minimum atomic E-state index is -1.12. The molecule has 32 heavy (non-hydrogen) atoms. The quantitative estimate of drug-likeness (QED) is 0.429. The number of carboxylic acids is 1. The molecule has 0 spiro atoms. The molecule has 0 aliphatic carbocycles. The molecule has 5 nitrogen and oxygen atoms in total. The number of nitrogens with one attached hydrogen (secondary N) is 1. The van der Waals surface area contributed by atoms with E-state index in [9.17, 15) is 19.5 Å². The zero-order valence-corrected chi connectivity index (χ0v) is 17.2. The zero-order chi connectivity index (χ0) is 22.5. The third kappa shape index (κ3) is 4.57. The Kier molecular flexibility index (Phi) is 6.08. The fourth-order valence-corrected chi connectivity index (χ4v) is 3.64. The van der Waals surface area contributed by atoms with Crippen molar-refractivity contribution in [1.29, 1.82) is 0 Å². The van der Waals surface area contributed by atoms with Gasteiger partial charge in [-0.2, -0.15) is 0 Å². The van der Waals surface area contributed by atoms with Crippen LogP contribution in [0.3, 0.4) is 0 Å². The van der Waals surface area contributed by atoms with E-state index in [-0.39, 0.29) is 12.2 Å². The Balaban J connectivity index is 1.49. The summed E-state index contributed by atoms with van der Waals surface area (Å²) < 4.78 is 0. The monoisotopic (exact) mass is 423 g/mol. The van der Waals surface area contributed by atoms with Crippen molar-refractivity contribution in [3.05, 3.63) is 119 Å². The van der Waals surface area contributed by atoms with Gasteiger partial charge in [0, 0.05) is 23.1 Å². The van der Waals surface area contributed by atoms with Crippen LogP contribution in [-0.4, -0.2) is 28.8 Å². The molecule has 1 atom stereocenters. The normalized spacial score (nSPS) is 11.6. The summed E-state index contributed by atoms with van der Waals surface area (Å²) in [4.78, 5) is 37.2. The maximum absolute atomic E-state index is 12.8.